The first kappa shape index (κ1) is 15.9. The number of aromatic nitrogens is 2. The molecule has 4 rings (SSSR count). The zero-order valence-corrected chi connectivity index (χ0v) is 13.5. The maximum Gasteiger partial charge on any atom is 0.232 e. The van der Waals surface area contributed by atoms with Crippen LogP contribution in [-0.2, 0) is 13.1 Å². The molecular formula is C19H17F2N3O. The van der Waals surface area contributed by atoms with Crippen molar-refractivity contribution in [3.8, 4) is 11.5 Å². The number of pyridine rings is 1. The smallest absolute Gasteiger partial charge is 0.232 e. The second-order valence-corrected chi connectivity index (χ2v) is 6.20. The zero-order chi connectivity index (χ0) is 17.2. The number of nitrogens with zero attached hydrogens (tertiary/aromatic N) is 3. The summed E-state index contributed by atoms with van der Waals surface area (Å²) in [6, 6.07) is 10.0. The first-order chi connectivity index (χ1) is 12.2. The van der Waals surface area contributed by atoms with Crippen LogP contribution >= 0.6 is 0 Å². The van der Waals surface area contributed by atoms with E-state index in [2.05, 4.69) is 14.9 Å². The molecular weight excluding hydrogens is 324 g/mol. The van der Waals surface area contributed by atoms with Gasteiger partial charge in [-0.15, -0.1) is 0 Å². The van der Waals surface area contributed by atoms with Gasteiger partial charge in [-0.1, -0.05) is 12.1 Å². The van der Waals surface area contributed by atoms with Gasteiger partial charge < -0.3 is 4.42 Å². The van der Waals surface area contributed by atoms with Gasteiger partial charge in [-0.25, -0.2) is 13.8 Å². The topological polar surface area (TPSA) is 42.2 Å². The third kappa shape index (κ3) is 3.58. The van der Waals surface area contributed by atoms with Crippen molar-refractivity contribution < 1.29 is 13.2 Å². The maximum absolute atomic E-state index is 13.9. The van der Waals surface area contributed by atoms with Gasteiger partial charge in [0.1, 0.15) is 23.5 Å². The van der Waals surface area contributed by atoms with E-state index in [1.165, 1.54) is 24.5 Å². The van der Waals surface area contributed by atoms with Crippen molar-refractivity contribution in [2.75, 3.05) is 0 Å². The Morgan fingerprint density at radius 3 is 2.44 bits per heavy atom. The Hall–Kier alpha value is -2.60. The molecule has 3 aromatic rings. The maximum atomic E-state index is 13.9. The normalized spacial score (nSPS) is 14.2. The summed E-state index contributed by atoms with van der Waals surface area (Å²) in [5.74, 6) is -1.39. The van der Waals surface area contributed by atoms with E-state index in [0.29, 0.717) is 24.8 Å². The first-order valence-corrected chi connectivity index (χ1v) is 8.23. The molecule has 0 unspecified atom stereocenters. The van der Waals surface area contributed by atoms with Crippen molar-refractivity contribution in [3.05, 3.63) is 71.9 Å². The molecule has 1 fully saturated rings. The lowest BCUT2D eigenvalue weighted by Crippen LogP contribution is -2.25. The Morgan fingerprint density at radius 2 is 1.76 bits per heavy atom. The molecule has 1 aliphatic carbocycles. The minimum absolute atomic E-state index is 0.0285. The van der Waals surface area contributed by atoms with Crippen LogP contribution in [-0.4, -0.2) is 20.9 Å². The van der Waals surface area contributed by atoms with Crippen LogP contribution in [0.4, 0.5) is 8.78 Å². The third-order valence-corrected chi connectivity index (χ3v) is 4.25. The molecule has 0 bridgehead atoms. The quantitative estimate of drug-likeness (QED) is 0.674. The van der Waals surface area contributed by atoms with Crippen LogP contribution in [0.2, 0.25) is 0 Å². The molecule has 128 valence electrons. The highest BCUT2D eigenvalue weighted by atomic mass is 19.1. The summed E-state index contributed by atoms with van der Waals surface area (Å²) in [6.07, 6.45) is 5.52. The summed E-state index contributed by atoms with van der Waals surface area (Å²) in [5.41, 5.74) is 1.41. The highest BCUT2D eigenvalue weighted by Gasteiger charge is 2.30. The fourth-order valence-electron chi connectivity index (χ4n) is 2.86. The van der Waals surface area contributed by atoms with Gasteiger partial charge in [0, 0.05) is 25.3 Å². The monoisotopic (exact) mass is 341 g/mol. The van der Waals surface area contributed by atoms with E-state index >= 15 is 0 Å². The Bertz CT molecular complexity index is 842. The van der Waals surface area contributed by atoms with Crippen molar-refractivity contribution in [3.63, 3.8) is 0 Å². The average molecular weight is 341 g/mol. The Balaban J connectivity index is 1.53. The number of hydrogen-bond donors (Lipinski definition) is 0. The number of oxazole rings is 1. The predicted molar refractivity (Wildman–Crippen MR) is 88.4 cm³/mol. The van der Waals surface area contributed by atoms with E-state index in [9.17, 15) is 8.78 Å². The second kappa shape index (κ2) is 6.72. The van der Waals surface area contributed by atoms with Crippen molar-refractivity contribution in [1.82, 2.24) is 14.9 Å². The number of hydrogen-bond acceptors (Lipinski definition) is 4. The lowest BCUT2D eigenvalue weighted by atomic mass is 10.2. The van der Waals surface area contributed by atoms with Crippen LogP contribution < -0.4 is 0 Å². The van der Waals surface area contributed by atoms with E-state index in [-0.39, 0.29) is 11.5 Å². The first-order valence-electron chi connectivity index (χ1n) is 8.23. The predicted octanol–water partition coefficient (Wildman–Crippen LogP) is 4.18. The fourth-order valence-corrected chi connectivity index (χ4v) is 2.86. The van der Waals surface area contributed by atoms with Gasteiger partial charge in [-0.05, 0) is 37.1 Å². The highest BCUT2D eigenvalue weighted by Crippen LogP contribution is 2.30. The summed E-state index contributed by atoms with van der Waals surface area (Å²) in [6.45, 7) is 1.27. The molecule has 2 aromatic heterocycles. The largest absolute Gasteiger partial charge is 0.444 e. The van der Waals surface area contributed by atoms with Gasteiger partial charge in [-0.2, -0.15) is 0 Å². The molecule has 0 atom stereocenters. The zero-order valence-electron chi connectivity index (χ0n) is 13.5. The Morgan fingerprint density at radius 1 is 1.00 bits per heavy atom. The average Bonchev–Trinajstić information content (AvgIpc) is 3.36. The Labute approximate surface area is 144 Å². The summed E-state index contributed by atoms with van der Waals surface area (Å²) in [7, 11) is 0. The number of halogens is 2. The molecule has 25 heavy (non-hydrogen) atoms. The molecule has 1 saturated carbocycles. The summed E-state index contributed by atoms with van der Waals surface area (Å²) >= 11 is 0. The van der Waals surface area contributed by atoms with E-state index in [1.54, 1.807) is 6.20 Å². The highest BCUT2D eigenvalue weighted by molar-refractivity contribution is 5.55. The standard InChI is InChI=1S/C19H17F2N3O/c20-16-5-3-6-17(21)18(16)19-23-14(12-25-19)11-24(15-7-8-15)10-13-4-1-2-9-22-13/h1-6,9,12,15H,7-8,10-11H2. The molecule has 1 aromatic carbocycles. The minimum Gasteiger partial charge on any atom is -0.444 e. The van der Waals surface area contributed by atoms with E-state index in [4.69, 9.17) is 4.42 Å². The van der Waals surface area contributed by atoms with Gasteiger partial charge in [-0.3, -0.25) is 9.88 Å². The summed E-state index contributed by atoms with van der Waals surface area (Å²) in [5, 5.41) is 0. The van der Waals surface area contributed by atoms with Gasteiger partial charge in [0.15, 0.2) is 0 Å². The molecule has 0 aliphatic heterocycles. The molecule has 2 heterocycles. The molecule has 0 amide bonds. The summed E-state index contributed by atoms with van der Waals surface area (Å²) in [4.78, 5) is 10.9. The van der Waals surface area contributed by atoms with Crippen LogP contribution in [0.3, 0.4) is 0 Å². The van der Waals surface area contributed by atoms with Crippen LogP contribution in [0.1, 0.15) is 24.2 Å². The SMILES string of the molecule is Fc1cccc(F)c1-c1nc(CN(Cc2ccccn2)C2CC2)co1. The lowest BCUT2D eigenvalue weighted by molar-refractivity contribution is 0.239. The van der Waals surface area contributed by atoms with Crippen LogP contribution in [0.25, 0.3) is 11.5 Å². The lowest BCUT2D eigenvalue weighted by Gasteiger charge is -2.20. The van der Waals surface area contributed by atoms with Crippen molar-refractivity contribution in [2.45, 2.75) is 32.0 Å². The molecule has 4 nitrogen and oxygen atoms in total. The molecule has 0 saturated heterocycles. The fraction of sp³-hybridized carbons (Fsp3) is 0.263. The summed E-state index contributed by atoms with van der Waals surface area (Å²) < 4.78 is 33.1. The van der Waals surface area contributed by atoms with Crippen LogP contribution in [0.5, 0.6) is 0 Å². The number of rotatable bonds is 6. The van der Waals surface area contributed by atoms with Crippen LogP contribution in [0.15, 0.2) is 53.3 Å². The van der Waals surface area contributed by atoms with Gasteiger partial charge in [0.05, 0.1) is 11.4 Å². The van der Waals surface area contributed by atoms with E-state index < -0.39 is 11.6 Å². The third-order valence-electron chi connectivity index (χ3n) is 4.25. The van der Waals surface area contributed by atoms with Crippen molar-refractivity contribution >= 4 is 0 Å². The number of benzene rings is 1. The van der Waals surface area contributed by atoms with Crippen molar-refractivity contribution in [2.24, 2.45) is 0 Å². The van der Waals surface area contributed by atoms with Crippen molar-refractivity contribution in [1.29, 1.82) is 0 Å². The second-order valence-electron chi connectivity index (χ2n) is 6.20. The van der Waals surface area contributed by atoms with E-state index in [1.807, 2.05) is 18.2 Å². The van der Waals surface area contributed by atoms with Crippen LogP contribution in [0, 0.1) is 11.6 Å². The molecule has 0 N–H and O–H groups in total. The molecule has 1 aliphatic rings. The minimum atomic E-state index is -0.680. The van der Waals surface area contributed by atoms with Gasteiger partial charge >= 0.3 is 0 Å². The molecule has 0 radical (unpaired) electrons. The van der Waals surface area contributed by atoms with Gasteiger partial charge in [0.25, 0.3) is 0 Å². The Kier molecular flexibility index (Phi) is 4.28. The molecule has 0 spiro atoms. The molecule has 6 heteroatoms. The van der Waals surface area contributed by atoms with E-state index in [0.717, 1.165) is 18.5 Å². The van der Waals surface area contributed by atoms with Gasteiger partial charge in [0.2, 0.25) is 5.89 Å².